The first-order valence-corrected chi connectivity index (χ1v) is 11.1. The molecular weight excluding hydrogens is 508 g/mol. The molecule has 1 atom stereocenters. The molecular formula is C19H16Br2N4O2S. The number of aromatic nitrogens is 3. The van der Waals surface area contributed by atoms with E-state index in [1.54, 1.807) is 7.11 Å². The van der Waals surface area contributed by atoms with E-state index < -0.39 is 6.23 Å². The minimum Gasteiger partial charge on any atom is -0.494 e. The van der Waals surface area contributed by atoms with Crippen LogP contribution in [0.3, 0.4) is 0 Å². The second-order valence-corrected chi connectivity index (χ2v) is 8.83. The fourth-order valence-corrected chi connectivity index (χ4v) is 4.96. The topological polar surface area (TPSA) is 69.2 Å². The molecule has 6 nitrogen and oxygen atoms in total. The minimum atomic E-state index is -0.461. The summed E-state index contributed by atoms with van der Waals surface area (Å²) >= 11 is 8.65. The maximum atomic E-state index is 6.28. The number of anilines is 1. The summed E-state index contributed by atoms with van der Waals surface area (Å²) in [4.78, 5) is 4.60. The average Bonchev–Trinajstić information content (AvgIpc) is 2.84. The summed E-state index contributed by atoms with van der Waals surface area (Å²) in [6.07, 6.45) is -0.461. The molecule has 1 unspecified atom stereocenters. The van der Waals surface area contributed by atoms with Gasteiger partial charge in [0, 0.05) is 16.8 Å². The highest BCUT2D eigenvalue weighted by Crippen LogP contribution is 2.42. The van der Waals surface area contributed by atoms with Crippen LogP contribution in [0.2, 0.25) is 0 Å². The summed E-state index contributed by atoms with van der Waals surface area (Å²) in [5, 5.41) is 12.7. The van der Waals surface area contributed by atoms with E-state index in [9.17, 15) is 0 Å². The number of halogens is 2. The van der Waals surface area contributed by atoms with Gasteiger partial charge in [0.05, 0.1) is 16.1 Å². The van der Waals surface area contributed by atoms with E-state index in [0.717, 1.165) is 37.3 Å². The molecule has 1 aromatic heterocycles. The predicted molar refractivity (Wildman–Crippen MR) is 117 cm³/mol. The second kappa shape index (κ2) is 8.26. The van der Waals surface area contributed by atoms with Crippen LogP contribution >= 0.6 is 43.6 Å². The predicted octanol–water partition coefficient (Wildman–Crippen LogP) is 5.69. The van der Waals surface area contributed by atoms with Crippen molar-refractivity contribution in [1.82, 2.24) is 15.2 Å². The van der Waals surface area contributed by atoms with Crippen LogP contribution in [0.5, 0.6) is 11.6 Å². The summed E-state index contributed by atoms with van der Waals surface area (Å²) in [5.74, 6) is 2.04. The van der Waals surface area contributed by atoms with Gasteiger partial charge >= 0.3 is 0 Å². The Balaban J connectivity index is 1.83. The van der Waals surface area contributed by atoms with Crippen molar-refractivity contribution in [3.8, 4) is 22.9 Å². The number of nitrogens with one attached hydrogen (secondary N) is 1. The Morgan fingerprint density at radius 1 is 1.18 bits per heavy atom. The van der Waals surface area contributed by atoms with Gasteiger partial charge in [-0.1, -0.05) is 36.9 Å². The van der Waals surface area contributed by atoms with Crippen LogP contribution in [0.25, 0.3) is 11.3 Å². The van der Waals surface area contributed by atoms with E-state index in [1.807, 2.05) is 43.3 Å². The molecule has 1 aliphatic rings. The van der Waals surface area contributed by atoms with Gasteiger partial charge in [-0.15, -0.1) is 10.2 Å². The van der Waals surface area contributed by atoms with Crippen molar-refractivity contribution in [3.63, 3.8) is 0 Å². The molecule has 1 N–H and O–H groups in total. The Labute approximate surface area is 183 Å². The quantitative estimate of drug-likeness (QED) is 0.440. The zero-order chi connectivity index (χ0) is 19.7. The maximum absolute atomic E-state index is 6.28. The summed E-state index contributed by atoms with van der Waals surface area (Å²) in [6.45, 7) is 2.05. The zero-order valence-corrected chi connectivity index (χ0v) is 19.1. The van der Waals surface area contributed by atoms with Crippen LogP contribution in [-0.4, -0.2) is 28.0 Å². The third-order valence-electron chi connectivity index (χ3n) is 4.13. The summed E-state index contributed by atoms with van der Waals surface area (Å²) in [5.41, 5.74) is 3.34. The Hall–Kier alpha value is -1.84. The Kier molecular flexibility index (Phi) is 5.75. The summed E-state index contributed by atoms with van der Waals surface area (Å²) < 4.78 is 13.3. The standard InChI is InChI=1S/C19H16Br2N4O2S/c1-3-28-19-23-18-15(24-25-19)11-6-4-5-7-14(11)22-17(27-18)10-8-12(20)16(26-2)13(21)9-10/h4-9,17,22H,3H2,1-2H3. The van der Waals surface area contributed by atoms with Crippen molar-refractivity contribution >= 4 is 49.3 Å². The van der Waals surface area contributed by atoms with Crippen LogP contribution < -0.4 is 14.8 Å². The number of hydrogen-bond acceptors (Lipinski definition) is 7. The molecule has 2 heterocycles. The van der Waals surface area contributed by atoms with Crippen molar-refractivity contribution in [3.05, 3.63) is 50.9 Å². The number of methoxy groups -OCH3 is 1. The number of ether oxygens (including phenoxy) is 2. The lowest BCUT2D eigenvalue weighted by Gasteiger charge is -2.20. The first-order valence-electron chi connectivity index (χ1n) is 8.53. The molecule has 0 saturated heterocycles. The Bertz CT molecular complexity index is 1010. The maximum Gasteiger partial charge on any atom is 0.247 e. The van der Waals surface area contributed by atoms with Crippen LogP contribution in [0.15, 0.2) is 50.5 Å². The number of para-hydroxylation sites is 1. The number of hydrogen-bond donors (Lipinski definition) is 1. The fourth-order valence-electron chi connectivity index (χ4n) is 2.91. The van der Waals surface area contributed by atoms with Gasteiger partial charge in [0.2, 0.25) is 11.0 Å². The van der Waals surface area contributed by atoms with Crippen molar-refractivity contribution in [2.75, 3.05) is 18.2 Å². The van der Waals surface area contributed by atoms with Crippen LogP contribution in [-0.2, 0) is 0 Å². The lowest BCUT2D eigenvalue weighted by molar-refractivity contribution is 0.225. The van der Waals surface area contributed by atoms with Crippen molar-refractivity contribution in [1.29, 1.82) is 0 Å². The lowest BCUT2D eigenvalue weighted by Crippen LogP contribution is -2.17. The third kappa shape index (κ3) is 3.70. The van der Waals surface area contributed by atoms with Crippen molar-refractivity contribution in [2.24, 2.45) is 0 Å². The molecule has 0 amide bonds. The number of thioether (sulfide) groups is 1. The van der Waals surface area contributed by atoms with E-state index in [1.165, 1.54) is 11.8 Å². The van der Waals surface area contributed by atoms with Gasteiger partial charge in [-0.3, -0.25) is 0 Å². The molecule has 0 saturated carbocycles. The van der Waals surface area contributed by atoms with E-state index in [0.29, 0.717) is 16.7 Å². The Morgan fingerprint density at radius 3 is 2.64 bits per heavy atom. The molecule has 28 heavy (non-hydrogen) atoms. The third-order valence-corrected chi connectivity index (χ3v) is 6.03. The van der Waals surface area contributed by atoms with E-state index >= 15 is 0 Å². The van der Waals surface area contributed by atoms with Crippen molar-refractivity contribution in [2.45, 2.75) is 18.3 Å². The highest BCUT2D eigenvalue weighted by atomic mass is 79.9. The van der Waals surface area contributed by atoms with E-state index in [4.69, 9.17) is 9.47 Å². The van der Waals surface area contributed by atoms with Crippen molar-refractivity contribution < 1.29 is 9.47 Å². The van der Waals surface area contributed by atoms with Gasteiger partial charge in [0.1, 0.15) is 5.75 Å². The molecule has 0 radical (unpaired) electrons. The number of rotatable bonds is 4. The highest BCUT2D eigenvalue weighted by molar-refractivity contribution is 9.11. The van der Waals surface area contributed by atoms with Crippen LogP contribution in [0.4, 0.5) is 5.69 Å². The second-order valence-electron chi connectivity index (χ2n) is 5.89. The first kappa shape index (κ1) is 19.5. The normalized spacial score (nSPS) is 14.9. The monoisotopic (exact) mass is 522 g/mol. The SMILES string of the molecule is CCSc1nnc2c(n1)OC(c1cc(Br)c(OC)c(Br)c1)Nc1ccccc1-2. The summed E-state index contributed by atoms with van der Waals surface area (Å²) in [7, 11) is 1.63. The largest absolute Gasteiger partial charge is 0.494 e. The zero-order valence-electron chi connectivity index (χ0n) is 15.1. The Morgan fingerprint density at radius 2 is 1.93 bits per heavy atom. The van der Waals surface area contributed by atoms with Crippen LogP contribution in [0, 0.1) is 0 Å². The average molecular weight is 524 g/mol. The molecule has 144 valence electrons. The van der Waals surface area contributed by atoms with Gasteiger partial charge in [-0.05, 0) is 55.8 Å². The van der Waals surface area contributed by atoms with Gasteiger partial charge in [-0.25, -0.2) is 0 Å². The van der Waals surface area contributed by atoms with Gasteiger partial charge < -0.3 is 14.8 Å². The molecule has 2 aromatic carbocycles. The number of benzene rings is 2. The van der Waals surface area contributed by atoms with Crippen LogP contribution in [0.1, 0.15) is 18.7 Å². The van der Waals surface area contributed by atoms with Gasteiger partial charge in [0.15, 0.2) is 11.9 Å². The van der Waals surface area contributed by atoms with Gasteiger partial charge in [-0.2, -0.15) is 4.98 Å². The molecule has 4 rings (SSSR count). The number of fused-ring (bicyclic) bond motifs is 3. The van der Waals surface area contributed by atoms with Gasteiger partial charge in [0.25, 0.3) is 0 Å². The van der Waals surface area contributed by atoms with E-state index in [-0.39, 0.29) is 0 Å². The highest BCUT2D eigenvalue weighted by Gasteiger charge is 2.27. The smallest absolute Gasteiger partial charge is 0.247 e. The number of nitrogens with zero attached hydrogens (tertiary/aromatic N) is 3. The molecule has 0 fully saturated rings. The van der Waals surface area contributed by atoms with E-state index in [2.05, 4.69) is 52.4 Å². The lowest BCUT2D eigenvalue weighted by atomic mass is 10.1. The summed E-state index contributed by atoms with van der Waals surface area (Å²) in [6, 6.07) is 11.8. The molecule has 9 heteroatoms. The molecule has 0 spiro atoms. The fraction of sp³-hybridized carbons (Fsp3) is 0.211. The first-order chi connectivity index (χ1) is 13.6. The molecule has 3 aromatic rings. The molecule has 0 bridgehead atoms. The minimum absolute atomic E-state index is 0.455. The molecule has 0 aliphatic carbocycles. The molecule has 1 aliphatic heterocycles.